The molecule has 0 radical (unpaired) electrons. The maximum Gasteiger partial charge on any atom is 0.342 e. The number of ether oxygens (including phenoxy) is 1. The number of phenols is 1. The number of hydrogen-bond donors (Lipinski definition) is 2. The molecule has 2 aromatic heterocycles. The van der Waals surface area contributed by atoms with Crippen LogP contribution in [0.1, 0.15) is 28.7 Å². The van der Waals surface area contributed by atoms with Crippen molar-refractivity contribution in [3.05, 3.63) is 71.8 Å². The van der Waals surface area contributed by atoms with Crippen LogP contribution >= 0.6 is 0 Å². The van der Waals surface area contributed by atoms with E-state index in [0.29, 0.717) is 34.3 Å². The molecule has 0 saturated carbocycles. The number of phenolic OH excluding ortho intramolecular Hbond substituents is 1. The molecule has 4 rings (SSSR count). The Morgan fingerprint density at radius 1 is 1.26 bits per heavy atom. The molecule has 27 heavy (non-hydrogen) atoms. The molecular weight excluding hydrogens is 344 g/mol. The molecule has 0 bridgehead atoms. The lowest BCUT2D eigenvalue weighted by Gasteiger charge is -2.05. The summed E-state index contributed by atoms with van der Waals surface area (Å²) >= 11 is 0. The van der Waals surface area contributed by atoms with Crippen molar-refractivity contribution in [2.24, 2.45) is 0 Å². The van der Waals surface area contributed by atoms with Gasteiger partial charge in [-0.05, 0) is 19.1 Å². The lowest BCUT2D eigenvalue weighted by molar-refractivity contribution is 0.0529. The summed E-state index contributed by atoms with van der Waals surface area (Å²) in [7, 11) is 0. The summed E-state index contributed by atoms with van der Waals surface area (Å²) < 4.78 is 11.2. The van der Waals surface area contributed by atoms with E-state index in [1.165, 1.54) is 0 Å². The topological polar surface area (TPSA) is 88.4 Å². The Kier molecular flexibility index (Phi) is 4.38. The third kappa shape index (κ3) is 3.17. The minimum atomic E-state index is -0.478. The van der Waals surface area contributed by atoms with Gasteiger partial charge in [-0.2, -0.15) is 0 Å². The molecule has 6 heteroatoms. The number of nitrogens with zero attached hydrogens (tertiary/aromatic N) is 1. The van der Waals surface area contributed by atoms with E-state index in [9.17, 15) is 9.90 Å². The molecule has 6 nitrogen and oxygen atoms in total. The van der Waals surface area contributed by atoms with Crippen molar-refractivity contribution in [3.8, 4) is 17.1 Å². The maximum absolute atomic E-state index is 12.6. The second kappa shape index (κ2) is 6.99. The summed E-state index contributed by atoms with van der Waals surface area (Å²) in [6.07, 6.45) is 3.80. The fourth-order valence-corrected chi connectivity index (χ4v) is 3.09. The Hall–Kier alpha value is -3.54. The second-order valence-electron chi connectivity index (χ2n) is 6.08. The predicted octanol–water partition coefficient (Wildman–Crippen LogP) is 4.30. The average Bonchev–Trinajstić information content (AvgIpc) is 3.30. The summed E-state index contributed by atoms with van der Waals surface area (Å²) in [5.41, 5.74) is 2.25. The summed E-state index contributed by atoms with van der Waals surface area (Å²) in [5.74, 6) is 0.752. The standard InChI is InChI=1S/C21H18N2O4/c1-2-26-21(25)19-15-12-16(24)14(11-18-22-8-9-23-18)10-17(15)27-20(19)13-6-4-3-5-7-13/h3-10,12,24H,2,11H2,1H3,(H,22,23). The van der Waals surface area contributed by atoms with Crippen LogP contribution in [0.5, 0.6) is 5.75 Å². The number of H-pyrrole nitrogens is 1. The van der Waals surface area contributed by atoms with E-state index in [0.717, 1.165) is 11.4 Å². The first kappa shape index (κ1) is 16.9. The number of furan rings is 1. The highest BCUT2D eigenvalue weighted by Crippen LogP contribution is 2.37. The van der Waals surface area contributed by atoms with Gasteiger partial charge < -0.3 is 19.2 Å². The summed E-state index contributed by atoms with van der Waals surface area (Å²) in [5, 5.41) is 11.0. The molecule has 0 aliphatic carbocycles. The van der Waals surface area contributed by atoms with Crippen LogP contribution in [0.4, 0.5) is 0 Å². The number of imidazole rings is 1. The van der Waals surface area contributed by atoms with Gasteiger partial charge >= 0.3 is 5.97 Å². The molecule has 2 heterocycles. The molecule has 136 valence electrons. The first-order chi connectivity index (χ1) is 13.2. The predicted molar refractivity (Wildman–Crippen MR) is 101 cm³/mol. The molecule has 4 aromatic rings. The first-order valence-electron chi connectivity index (χ1n) is 8.66. The number of aromatic amines is 1. The minimum Gasteiger partial charge on any atom is -0.508 e. The lowest BCUT2D eigenvalue weighted by Crippen LogP contribution is -2.05. The van der Waals surface area contributed by atoms with Gasteiger partial charge in [0, 0.05) is 35.3 Å². The van der Waals surface area contributed by atoms with Gasteiger partial charge in [0.15, 0.2) is 0 Å². The van der Waals surface area contributed by atoms with Crippen LogP contribution < -0.4 is 0 Å². The molecule has 0 unspecified atom stereocenters. The molecule has 0 aliphatic heterocycles. The summed E-state index contributed by atoms with van der Waals surface area (Å²) in [6, 6.07) is 12.7. The number of aromatic hydroxyl groups is 1. The van der Waals surface area contributed by atoms with Crippen molar-refractivity contribution in [1.82, 2.24) is 9.97 Å². The Labute approximate surface area is 155 Å². The number of carbonyl (C=O) groups excluding carboxylic acids is 1. The molecule has 0 atom stereocenters. The van der Waals surface area contributed by atoms with Gasteiger partial charge in [0.05, 0.1) is 6.61 Å². The zero-order valence-electron chi connectivity index (χ0n) is 14.7. The third-order valence-corrected chi connectivity index (χ3v) is 4.32. The van der Waals surface area contributed by atoms with Gasteiger partial charge in [-0.25, -0.2) is 9.78 Å². The molecule has 0 amide bonds. The van der Waals surface area contributed by atoms with E-state index >= 15 is 0 Å². The maximum atomic E-state index is 12.6. The fourth-order valence-electron chi connectivity index (χ4n) is 3.09. The van der Waals surface area contributed by atoms with E-state index < -0.39 is 5.97 Å². The van der Waals surface area contributed by atoms with Crippen molar-refractivity contribution in [2.75, 3.05) is 6.61 Å². The number of esters is 1. The van der Waals surface area contributed by atoms with Crippen LogP contribution in [0.3, 0.4) is 0 Å². The monoisotopic (exact) mass is 362 g/mol. The van der Waals surface area contributed by atoms with Crippen LogP contribution in [0.2, 0.25) is 0 Å². The highest BCUT2D eigenvalue weighted by molar-refractivity contribution is 6.09. The SMILES string of the molecule is CCOC(=O)c1c(-c2ccccc2)oc2cc(Cc3ncc[nH]3)c(O)cc12. The van der Waals surface area contributed by atoms with Crippen molar-refractivity contribution in [2.45, 2.75) is 13.3 Å². The van der Waals surface area contributed by atoms with Crippen LogP contribution in [0.15, 0.2) is 59.3 Å². The van der Waals surface area contributed by atoms with Crippen LogP contribution in [0.25, 0.3) is 22.3 Å². The number of hydrogen-bond acceptors (Lipinski definition) is 5. The Bertz CT molecular complexity index is 1080. The Balaban J connectivity index is 1.89. The normalized spacial score (nSPS) is 11.0. The smallest absolute Gasteiger partial charge is 0.342 e. The van der Waals surface area contributed by atoms with Gasteiger partial charge in [-0.15, -0.1) is 0 Å². The van der Waals surface area contributed by atoms with Gasteiger partial charge in [0.1, 0.15) is 28.5 Å². The molecule has 0 spiro atoms. The summed E-state index contributed by atoms with van der Waals surface area (Å²) in [4.78, 5) is 19.8. The van der Waals surface area contributed by atoms with Crippen molar-refractivity contribution >= 4 is 16.9 Å². The second-order valence-corrected chi connectivity index (χ2v) is 6.08. The number of carbonyl (C=O) groups is 1. The number of benzene rings is 2. The van der Waals surface area contributed by atoms with Crippen LogP contribution in [-0.2, 0) is 11.2 Å². The molecule has 2 N–H and O–H groups in total. The van der Waals surface area contributed by atoms with Crippen LogP contribution in [-0.4, -0.2) is 27.7 Å². The quantitative estimate of drug-likeness (QED) is 0.517. The third-order valence-electron chi connectivity index (χ3n) is 4.32. The van der Waals surface area contributed by atoms with Crippen molar-refractivity contribution < 1.29 is 19.1 Å². The number of fused-ring (bicyclic) bond motifs is 1. The van der Waals surface area contributed by atoms with Gasteiger partial charge in [0.25, 0.3) is 0 Å². The number of rotatable bonds is 5. The van der Waals surface area contributed by atoms with E-state index in [1.807, 2.05) is 30.3 Å². The van der Waals surface area contributed by atoms with Crippen molar-refractivity contribution in [1.29, 1.82) is 0 Å². The van der Waals surface area contributed by atoms with E-state index in [4.69, 9.17) is 9.15 Å². The van der Waals surface area contributed by atoms with E-state index in [-0.39, 0.29) is 12.4 Å². The van der Waals surface area contributed by atoms with Gasteiger partial charge in [0.2, 0.25) is 0 Å². The van der Waals surface area contributed by atoms with E-state index in [1.54, 1.807) is 31.5 Å². The molecule has 0 aliphatic rings. The highest BCUT2D eigenvalue weighted by atomic mass is 16.5. The first-order valence-corrected chi connectivity index (χ1v) is 8.66. The molecule has 0 saturated heterocycles. The van der Waals surface area contributed by atoms with Gasteiger partial charge in [-0.1, -0.05) is 30.3 Å². The number of aromatic nitrogens is 2. The fraction of sp³-hybridized carbons (Fsp3) is 0.143. The largest absolute Gasteiger partial charge is 0.508 e. The Morgan fingerprint density at radius 3 is 2.78 bits per heavy atom. The minimum absolute atomic E-state index is 0.0739. The highest BCUT2D eigenvalue weighted by Gasteiger charge is 2.24. The van der Waals surface area contributed by atoms with Crippen molar-refractivity contribution in [3.63, 3.8) is 0 Å². The zero-order chi connectivity index (χ0) is 18.8. The zero-order valence-corrected chi connectivity index (χ0v) is 14.7. The average molecular weight is 362 g/mol. The summed E-state index contributed by atoms with van der Waals surface area (Å²) in [6.45, 7) is 2.00. The molecule has 2 aromatic carbocycles. The Morgan fingerprint density at radius 2 is 2.07 bits per heavy atom. The molecule has 0 fully saturated rings. The lowest BCUT2D eigenvalue weighted by atomic mass is 10.0. The van der Waals surface area contributed by atoms with Crippen LogP contribution in [0, 0.1) is 0 Å². The van der Waals surface area contributed by atoms with Gasteiger partial charge in [-0.3, -0.25) is 0 Å². The number of nitrogens with one attached hydrogen (secondary N) is 1. The van der Waals surface area contributed by atoms with E-state index in [2.05, 4.69) is 9.97 Å². The molecular formula is C21H18N2O4.